The molecule has 1 aliphatic rings. The third-order valence-corrected chi connectivity index (χ3v) is 7.21. The van der Waals surface area contributed by atoms with Crippen LogP contribution < -0.4 is 5.32 Å². The van der Waals surface area contributed by atoms with Crippen molar-refractivity contribution in [1.29, 1.82) is 0 Å². The van der Waals surface area contributed by atoms with Crippen molar-refractivity contribution in [3.63, 3.8) is 0 Å². The van der Waals surface area contributed by atoms with Crippen LogP contribution in [0.15, 0.2) is 60.8 Å². The summed E-state index contributed by atoms with van der Waals surface area (Å²) in [6.45, 7) is 2.84. The van der Waals surface area contributed by atoms with Crippen molar-refractivity contribution < 1.29 is 4.79 Å². The standard InChI is InChI=1S/C26H25Cl2IN4O/c27-23-8-7-22(31-26(34)21-9-12-30-24(28)16-21)25(32-23)20-10-14-33(15-11-20)13-1-2-18-3-5-19(17-29)6-4-18/h1-9,12,16,20H,10-11,13-15,17H2,(H,31,34)/b2-1+. The van der Waals surface area contributed by atoms with E-state index >= 15 is 0 Å². The van der Waals surface area contributed by atoms with Crippen LogP contribution >= 0.6 is 45.8 Å². The number of piperidine rings is 1. The summed E-state index contributed by atoms with van der Waals surface area (Å²) in [4.78, 5) is 23.7. The minimum atomic E-state index is -0.247. The number of hydrogen-bond donors (Lipinski definition) is 1. The van der Waals surface area contributed by atoms with Crippen LogP contribution in [0, 0.1) is 0 Å². The summed E-state index contributed by atoms with van der Waals surface area (Å²) in [6, 6.07) is 15.4. The van der Waals surface area contributed by atoms with Gasteiger partial charge in [0, 0.05) is 28.7 Å². The molecule has 1 fully saturated rings. The zero-order valence-corrected chi connectivity index (χ0v) is 22.2. The predicted octanol–water partition coefficient (Wildman–Crippen LogP) is 6.86. The number of nitrogens with one attached hydrogen (secondary N) is 1. The van der Waals surface area contributed by atoms with E-state index in [0.717, 1.165) is 42.6 Å². The van der Waals surface area contributed by atoms with Gasteiger partial charge in [-0.3, -0.25) is 9.69 Å². The van der Waals surface area contributed by atoms with E-state index in [2.05, 4.69) is 79.2 Å². The Hall–Kier alpha value is -2.00. The Bertz CT molecular complexity index is 1160. The third-order valence-electron chi connectivity index (χ3n) is 5.91. The molecule has 0 aliphatic carbocycles. The summed E-state index contributed by atoms with van der Waals surface area (Å²) in [7, 11) is 0. The highest BCUT2D eigenvalue weighted by Crippen LogP contribution is 2.33. The van der Waals surface area contributed by atoms with Crippen molar-refractivity contribution in [2.24, 2.45) is 0 Å². The summed E-state index contributed by atoms with van der Waals surface area (Å²) >= 11 is 14.5. The number of rotatable bonds is 7. The minimum Gasteiger partial charge on any atom is -0.320 e. The van der Waals surface area contributed by atoms with Crippen LogP contribution in [0.5, 0.6) is 0 Å². The number of halogens is 3. The lowest BCUT2D eigenvalue weighted by atomic mass is 9.92. The van der Waals surface area contributed by atoms with Crippen LogP contribution in [-0.4, -0.2) is 40.4 Å². The molecule has 34 heavy (non-hydrogen) atoms. The van der Waals surface area contributed by atoms with E-state index in [0.29, 0.717) is 16.4 Å². The maximum Gasteiger partial charge on any atom is 0.255 e. The molecular formula is C26H25Cl2IN4O. The molecule has 0 saturated carbocycles. The average Bonchev–Trinajstić information content (AvgIpc) is 2.86. The third kappa shape index (κ3) is 6.78. The number of alkyl halides is 1. The molecule has 2 aromatic heterocycles. The minimum absolute atomic E-state index is 0.232. The average molecular weight is 607 g/mol. The Balaban J connectivity index is 1.36. The van der Waals surface area contributed by atoms with Crippen LogP contribution in [0.25, 0.3) is 6.08 Å². The smallest absolute Gasteiger partial charge is 0.255 e. The van der Waals surface area contributed by atoms with Crippen molar-refractivity contribution in [2.45, 2.75) is 23.2 Å². The molecule has 0 unspecified atom stereocenters. The number of carbonyl (C=O) groups excluding carboxylic acids is 1. The van der Waals surface area contributed by atoms with Crippen molar-refractivity contribution in [3.8, 4) is 0 Å². The number of carbonyl (C=O) groups is 1. The number of benzene rings is 1. The van der Waals surface area contributed by atoms with Crippen molar-refractivity contribution in [3.05, 3.63) is 93.5 Å². The maximum atomic E-state index is 12.7. The van der Waals surface area contributed by atoms with E-state index in [1.807, 2.05) is 6.07 Å². The van der Waals surface area contributed by atoms with E-state index < -0.39 is 0 Å². The molecule has 0 radical (unpaired) electrons. The molecule has 4 rings (SSSR count). The lowest BCUT2D eigenvalue weighted by molar-refractivity contribution is 0.102. The molecule has 0 bridgehead atoms. The lowest BCUT2D eigenvalue weighted by Gasteiger charge is -2.31. The van der Waals surface area contributed by atoms with Crippen LogP contribution in [0.3, 0.4) is 0 Å². The van der Waals surface area contributed by atoms with E-state index in [4.69, 9.17) is 23.2 Å². The fourth-order valence-electron chi connectivity index (χ4n) is 4.05. The summed E-state index contributed by atoms with van der Waals surface area (Å²) in [5, 5.41) is 3.69. The number of pyridine rings is 2. The van der Waals surface area contributed by atoms with Gasteiger partial charge in [0.2, 0.25) is 0 Å². The van der Waals surface area contributed by atoms with Gasteiger partial charge in [-0.2, -0.15) is 0 Å². The highest BCUT2D eigenvalue weighted by atomic mass is 127. The van der Waals surface area contributed by atoms with Gasteiger partial charge in [0.15, 0.2) is 0 Å². The second-order valence-corrected chi connectivity index (χ2v) is 9.78. The van der Waals surface area contributed by atoms with E-state index in [-0.39, 0.29) is 17.0 Å². The quantitative estimate of drug-likeness (QED) is 0.181. The molecule has 1 aromatic carbocycles. The van der Waals surface area contributed by atoms with E-state index in [1.165, 1.54) is 17.3 Å². The van der Waals surface area contributed by atoms with Crippen molar-refractivity contribution in [2.75, 3.05) is 25.0 Å². The van der Waals surface area contributed by atoms with Crippen LogP contribution in [0.4, 0.5) is 5.69 Å². The van der Waals surface area contributed by atoms with Gasteiger partial charge < -0.3 is 5.32 Å². The van der Waals surface area contributed by atoms with Gasteiger partial charge in [-0.1, -0.05) is 82.2 Å². The maximum absolute atomic E-state index is 12.7. The first-order valence-electron chi connectivity index (χ1n) is 11.1. The number of nitrogens with zero attached hydrogens (tertiary/aromatic N) is 3. The Morgan fingerprint density at radius 2 is 1.85 bits per heavy atom. The Labute approximate surface area is 223 Å². The second kappa shape index (κ2) is 12.1. The van der Waals surface area contributed by atoms with Crippen LogP contribution in [0.1, 0.15) is 45.9 Å². The molecule has 1 N–H and O–H groups in total. The molecule has 8 heteroatoms. The molecule has 3 aromatic rings. The zero-order valence-electron chi connectivity index (χ0n) is 18.6. The normalized spacial score (nSPS) is 15.0. The number of likely N-dealkylation sites (tertiary alicyclic amines) is 1. The molecule has 0 spiro atoms. The van der Waals surface area contributed by atoms with Gasteiger partial charge in [0.05, 0.1) is 11.4 Å². The van der Waals surface area contributed by atoms with Gasteiger partial charge in [-0.05, 0) is 61.3 Å². The Morgan fingerprint density at radius 1 is 1.09 bits per heavy atom. The monoisotopic (exact) mass is 606 g/mol. The summed E-state index contributed by atoms with van der Waals surface area (Å²) < 4.78 is 1.03. The topological polar surface area (TPSA) is 58.1 Å². The van der Waals surface area contributed by atoms with Crippen LogP contribution in [-0.2, 0) is 4.43 Å². The fraction of sp³-hybridized carbons (Fsp3) is 0.269. The SMILES string of the molecule is O=C(Nc1ccc(Cl)nc1C1CCN(C/C=C/c2ccc(CI)cc2)CC1)c1ccnc(Cl)c1. The van der Waals surface area contributed by atoms with Gasteiger partial charge in [0.25, 0.3) is 5.91 Å². The second-order valence-electron chi connectivity index (χ2n) is 8.24. The first kappa shape index (κ1) is 25.1. The van der Waals surface area contributed by atoms with Crippen molar-refractivity contribution >= 4 is 63.5 Å². The van der Waals surface area contributed by atoms with Gasteiger partial charge in [0.1, 0.15) is 10.3 Å². The first-order chi connectivity index (χ1) is 16.5. The highest BCUT2D eigenvalue weighted by molar-refractivity contribution is 14.1. The zero-order chi connectivity index (χ0) is 23.9. The predicted molar refractivity (Wildman–Crippen MR) is 148 cm³/mol. The Morgan fingerprint density at radius 3 is 2.56 bits per heavy atom. The van der Waals surface area contributed by atoms with Gasteiger partial charge in [-0.15, -0.1) is 0 Å². The molecule has 3 heterocycles. The summed E-state index contributed by atoms with van der Waals surface area (Å²) in [6.07, 6.45) is 7.83. The number of aromatic nitrogens is 2. The van der Waals surface area contributed by atoms with Crippen molar-refractivity contribution in [1.82, 2.24) is 14.9 Å². The summed E-state index contributed by atoms with van der Waals surface area (Å²) in [5.74, 6) is -0.0140. The number of anilines is 1. The van der Waals surface area contributed by atoms with Crippen LogP contribution in [0.2, 0.25) is 10.3 Å². The fourth-order valence-corrected chi connectivity index (χ4v) is 4.89. The summed E-state index contributed by atoms with van der Waals surface area (Å²) in [5.41, 5.74) is 4.55. The van der Waals surface area contributed by atoms with E-state index in [9.17, 15) is 4.79 Å². The van der Waals surface area contributed by atoms with Gasteiger partial charge >= 0.3 is 0 Å². The largest absolute Gasteiger partial charge is 0.320 e. The molecule has 176 valence electrons. The molecule has 0 atom stereocenters. The molecule has 1 amide bonds. The van der Waals surface area contributed by atoms with E-state index in [1.54, 1.807) is 18.2 Å². The first-order valence-corrected chi connectivity index (χ1v) is 13.4. The lowest BCUT2D eigenvalue weighted by Crippen LogP contribution is -2.33. The van der Waals surface area contributed by atoms with Gasteiger partial charge in [-0.25, -0.2) is 9.97 Å². The highest BCUT2D eigenvalue weighted by Gasteiger charge is 2.24. The number of hydrogen-bond acceptors (Lipinski definition) is 4. The molecule has 1 aliphatic heterocycles. The molecule has 1 saturated heterocycles. The number of amides is 1. The Kier molecular flexibility index (Phi) is 8.94. The molecular weight excluding hydrogens is 582 g/mol. The molecule has 5 nitrogen and oxygen atoms in total.